The third-order valence-corrected chi connectivity index (χ3v) is 4.08. The van der Waals surface area contributed by atoms with Gasteiger partial charge in [-0.2, -0.15) is 13.2 Å². The summed E-state index contributed by atoms with van der Waals surface area (Å²) >= 11 is 0. The predicted molar refractivity (Wildman–Crippen MR) is 110 cm³/mol. The van der Waals surface area contributed by atoms with Gasteiger partial charge in [0.25, 0.3) is 0 Å². The Morgan fingerprint density at radius 2 is 1.97 bits per heavy atom. The average Bonchev–Trinajstić information content (AvgIpc) is 2.64. The zero-order valence-corrected chi connectivity index (χ0v) is 17.9. The molecule has 29 heavy (non-hydrogen) atoms. The quantitative estimate of drug-likeness (QED) is 0.428. The highest BCUT2D eigenvalue weighted by molar-refractivity contribution is 5.79. The average molecular weight is 419 g/mol. The first-order valence-corrected chi connectivity index (χ1v) is 9.64. The lowest BCUT2D eigenvalue weighted by atomic mass is 10.1. The van der Waals surface area contributed by atoms with Crippen LogP contribution in [0.4, 0.5) is 13.2 Å². The number of aryl methyl sites for hydroxylation is 1. The van der Waals surface area contributed by atoms with Gasteiger partial charge in [-0.1, -0.05) is 12.1 Å². The normalized spacial score (nSPS) is 13.5. The summed E-state index contributed by atoms with van der Waals surface area (Å²) < 4.78 is 48.3. The van der Waals surface area contributed by atoms with Crippen molar-refractivity contribution >= 4 is 5.96 Å². The SMILES string of the molecule is CCOC(CCN(C)C)CNC(=NC)NCc1ccc(C)cc1OCC(F)(F)F. The summed E-state index contributed by atoms with van der Waals surface area (Å²) in [7, 11) is 5.66. The Bertz CT molecular complexity index is 637. The molecular weight excluding hydrogens is 385 g/mol. The second-order valence-corrected chi connectivity index (χ2v) is 6.99. The van der Waals surface area contributed by atoms with Gasteiger partial charge in [0.15, 0.2) is 12.6 Å². The highest BCUT2D eigenvalue weighted by Gasteiger charge is 2.28. The van der Waals surface area contributed by atoms with Gasteiger partial charge in [0.1, 0.15) is 5.75 Å². The van der Waals surface area contributed by atoms with Crippen molar-refractivity contribution in [3.63, 3.8) is 0 Å². The number of benzene rings is 1. The molecule has 0 spiro atoms. The highest BCUT2D eigenvalue weighted by atomic mass is 19.4. The minimum atomic E-state index is -4.38. The lowest BCUT2D eigenvalue weighted by molar-refractivity contribution is -0.153. The first-order chi connectivity index (χ1) is 13.6. The standard InChI is InChI=1S/C20H33F3N4O2/c1-6-28-17(9-10-27(4)5)13-26-19(24-3)25-12-16-8-7-15(2)11-18(16)29-14-20(21,22)23/h7-8,11,17H,6,9-10,12-14H2,1-5H3,(H2,24,25,26). The molecule has 1 unspecified atom stereocenters. The monoisotopic (exact) mass is 418 g/mol. The van der Waals surface area contributed by atoms with Gasteiger partial charge in [-0.05, 0) is 46.0 Å². The molecule has 0 amide bonds. The van der Waals surface area contributed by atoms with Crippen LogP contribution in [0.1, 0.15) is 24.5 Å². The first-order valence-electron chi connectivity index (χ1n) is 9.64. The lowest BCUT2D eigenvalue weighted by Crippen LogP contribution is -2.42. The maximum Gasteiger partial charge on any atom is 0.422 e. The van der Waals surface area contributed by atoms with E-state index in [9.17, 15) is 13.2 Å². The predicted octanol–water partition coefficient (Wildman–Crippen LogP) is 2.96. The molecule has 0 aliphatic carbocycles. The minimum Gasteiger partial charge on any atom is -0.484 e. The van der Waals surface area contributed by atoms with Crippen molar-refractivity contribution in [3.8, 4) is 5.75 Å². The van der Waals surface area contributed by atoms with Gasteiger partial charge in [-0.25, -0.2) is 0 Å². The van der Waals surface area contributed by atoms with Gasteiger partial charge in [-0.15, -0.1) is 0 Å². The van der Waals surface area contributed by atoms with E-state index in [2.05, 4.69) is 20.5 Å². The molecule has 0 saturated heterocycles. The van der Waals surface area contributed by atoms with E-state index in [1.54, 1.807) is 26.1 Å². The molecule has 0 aliphatic heterocycles. The van der Waals surface area contributed by atoms with Crippen LogP contribution in [-0.4, -0.2) is 70.6 Å². The number of hydrogen-bond donors (Lipinski definition) is 2. The van der Waals surface area contributed by atoms with E-state index < -0.39 is 12.8 Å². The Morgan fingerprint density at radius 1 is 1.24 bits per heavy atom. The number of guanidine groups is 1. The van der Waals surface area contributed by atoms with Gasteiger partial charge < -0.3 is 25.0 Å². The number of alkyl halides is 3. The van der Waals surface area contributed by atoms with Crippen molar-refractivity contribution in [2.24, 2.45) is 4.99 Å². The van der Waals surface area contributed by atoms with Crippen LogP contribution in [0, 0.1) is 6.92 Å². The third-order valence-electron chi connectivity index (χ3n) is 4.08. The van der Waals surface area contributed by atoms with E-state index in [4.69, 9.17) is 9.47 Å². The molecule has 166 valence electrons. The third kappa shape index (κ3) is 10.9. The lowest BCUT2D eigenvalue weighted by Gasteiger charge is -2.21. The van der Waals surface area contributed by atoms with Gasteiger partial charge in [0.05, 0.1) is 6.10 Å². The summed E-state index contributed by atoms with van der Waals surface area (Å²) in [6, 6.07) is 5.19. The summed E-state index contributed by atoms with van der Waals surface area (Å²) in [6.45, 7) is 4.82. The number of nitrogens with one attached hydrogen (secondary N) is 2. The Kier molecular flexibility index (Phi) is 10.8. The molecule has 0 aliphatic rings. The van der Waals surface area contributed by atoms with E-state index in [1.165, 1.54) is 0 Å². The molecule has 0 fully saturated rings. The molecule has 0 radical (unpaired) electrons. The second kappa shape index (κ2) is 12.5. The minimum absolute atomic E-state index is 0.0333. The number of rotatable bonds is 11. The molecule has 0 saturated carbocycles. The van der Waals surface area contributed by atoms with Crippen molar-refractivity contribution in [2.75, 3.05) is 47.4 Å². The fourth-order valence-electron chi connectivity index (χ4n) is 2.59. The first kappa shape index (κ1) is 25.0. The summed E-state index contributed by atoms with van der Waals surface area (Å²) in [5, 5.41) is 6.33. The maximum atomic E-state index is 12.5. The van der Waals surface area contributed by atoms with Gasteiger partial charge in [0, 0.05) is 38.9 Å². The smallest absolute Gasteiger partial charge is 0.422 e. The Hall–Kier alpha value is -2.00. The van der Waals surface area contributed by atoms with Gasteiger partial charge in [-0.3, -0.25) is 4.99 Å². The number of halogens is 3. The van der Waals surface area contributed by atoms with Crippen LogP contribution in [0.25, 0.3) is 0 Å². The highest BCUT2D eigenvalue weighted by Crippen LogP contribution is 2.23. The van der Waals surface area contributed by atoms with Crippen LogP contribution in [0.3, 0.4) is 0 Å². The van der Waals surface area contributed by atoms with Crippen LogP contribution >= 0.6 is 0 Å². The topological polar surface area (TPSA) is 58.1 Å². The van der Waals surface area contributed by atoms with Crippen LogP contribution in [0.15, 0.2) is 23.2 Å². The molecule has 1 aromatic carbocycles. The molecule has 1 rings (SSSR count). The summed E-state index contributed by atoms with van der Waals surface area (Å²) in [4.78, 5) is 6.27. The van der Waals surface area contributed by atoms with Gasteiger partial charge >= 0.3 is 6.18 Å². The Balaban J connectivity index is 2.65. The molecule has 1 aromatic rings. The largest absolute Gasteiger partial charge is 0.484 e. The van der Waals surface area contributed by atoms with E-state index in [-0.39, 0.29) is 18.4 Å². The molecule has 9 heteroatoms. The van der Waals surface area contributed by atoms with Crippen molar-refractivity contribution in [1.29, 1.82) is 0 Å². The fourth-order valence-corrected chi connectivity index (χ4v) is 2.59. The van der Waals surface area contributed by atoms with Crippen molar-refractivity contribution in [1.82, 2.24) is 15.5 Å². The number of ether oxygens (including phenoxy) is 2. The van der Waals surface area contributed by atoms with E-state index >= 15 is 0 Å². The Morgan fingerprint density at radius 3 is 2.55 bits per heavy atom. The maximum absolute atomic E-state index is 12.5. The van der Waals surface area contributed by atoms with E-state index in [1.807, 2.05) is 27.1 Å². The molecule has 6 nitrogen and oxygen atoms in total. The second-order valence-electron chi connectivity index (χ2n) is 6.99. The zero-order chi connectivity index (χ0) is 21.9. The number of aliphatic imine (C=N–C) groups is 1. The summed E-state index contributed by atoms with van der Waals surface area (Å²) in [5.74, 6) is 0.755. The van der Waals surface area contributed by atoms with Crippen LogP contribution in [0.5, 0.6) is 5.75 Å². The molecule has 0 heterocycles. The van der Waals surface area contributed by atoms with Crippen LogP contribution in [-0.2, 0) is 11.3 Å². The Labute approximate surface area is 171 Å². The summed E-state index contributed by atoms with van der Waals surface area (Å²) in [5.41, 5.74) is 1.45. The zero-order valence-electron chi connectivity index (χ0n) is 17.9. The van der Waals surface area contributed by atoms with Crippen molar-refractivity contribution in [3.05, 3.63) is 29.3 Å². The molecular formula is C20H33F3N4O2. The number of hydrogen-bond acceptors (Lipinski definition) is 4. The fraction of sp³-hybridized carbons (Fsp3) is 0.650. The summed E-state index contributed by atoms with van der Waals surface area (Å²) in [6.07, 6.45) is -3.48. The van der Waals surface area contributed by atoms with E-state index in [0.717, 1.165) is 18.5 Å². The van der Waals surface area contributed by atoms with Crippen molar-refractivity contribution in [2.45, 2.75) is 39.1 Å². The molecule has 1 atom stereocenters. The van der Waals surface area contributed by atoms with Crippen LogP contribution in [0.2, 0.25) is 0 Å². The van der Waals surface area contributed by atoms with Gasteiger partial charge in [0.2, 0.25) is 0 Å². The molecule has 0 aromatic heterocycles. The van der Waals surface area contributed by atoms with E-state index in [0.29, 0.717) is 24.7 Å². The molecule has 0 bridgehead atoms. The van der Waals surface area contributed by atoms with Crippen molar-refractivity contribution < 1.29 is 22.6 Å². The van der Waals surface area contributed by atoms with Crippen LogP contribution < -0.4 is 15.4 Å². The number of nitrogens with zero attached hydrogens (tertiary/aromatic N) is 2. The molecule has 2 N–H and O–H groups in total.